The number of anilines is 1. The fourth-order valence-corrected chi connectivity index (χ4v) is 6.49. The first-order valence-corrected chi connectivity index (χ1v) is 15.3. The van der Waals surface area contributed by atoms with E-state index in [-0.39, 0.29) is 80.8 Å². The summed E-state index contributed by atoms with van der Waals surface area (Å²) in [5.41, 5.74) is -1.04. The summed E-state index contributed by atoms with van der Waals surface area (Å²) in [5.74, 6) is -2.29. The average molecular weight is 776 g/mol. The van der Waals surface area contributed by atoms with Gasteiger partial charge in [0.2, 0.25) is 0 Å². The summed E-state index contributed by atoms with van der Waals surface area (Å²) >= 11 is 0. The minimum atomic E-state index is -4.96. The Labute approximate surface area is 304 Å². The number of halogens is 9. The van der Waals surface area contributed by atoms with Crippen molar-refractivity contribution in [1.82, 2.24) is 15.1 Å². The first kappa shape index (κ1) is 43.2. The molecule has 17 heteroatoms. The number of carboxylic acid groups (broad SMARTS) is 1. The molecular formula is C33H39Cl3F6N4O4. The fraction of sp³-hybridized carbons (Fsp3) is 0.455. The van der Waals surface area contributed by atoms with Crippen molar-refractivity contribution in [2.24, 2.45) is 0 Å². The predicted octanol–water partition coefficient (Wildman–Crippen LogP) is 5.99. The Balaban J connectivity index is 0.00000289. The van der Waals surface area contributed by atoms with Gasteiger partial charge < -0.3 is 20.4 Å². The Morgan fingerprint density at radius 2 is 1.52 bits per heavy atom. The van der Waals surface area contributed by atoms with E-state index in [1.54, 1.807) is 42.5 Å². The molecule has 0 saturated carbocycles. The number of β-amino-alcohol motifs (C(OH)–C–C–N with tert-alkyl or cyclic N) is 1. The lowest BCUT2D eigenvalue weighted by atomic mass is 9.80. The van der Waals surface area contributed by atoms with Crippen molar-refractivity contribution in [3.8, 4) is 0 Å². The van der Waals surface area contributed by atoms with Crippen LogP contribution in [-0.4, -0.2) is 108 Å². The highest BCUT2D eigenvalue weighted by atomic mass is 35.5. The number of aliphatic hydroxyl groups is 1. The van der Waals surface area contributed by atoms with Crippen LogP contribution in [-0.2, 0) is 4.79 Å². The summed E-state index contributed by atoms with van der Waals surface area (Å²) in [7, 11) is 0. The number of allylic oxidation sites excluding steroid dienone is 2. The van der Waals surface area contributed by atoms with E-state index in [9.17, 15) is 41.0 Å². The predicted molar refractivity (Wildman–Crippen MR) is 185 cm³/mol. The smallest absolute Gasteiger partial charge is 0.415 e. The number of amides is 1. The van der Waals surface area contributed by atoms with Crippen molar-refractivity contribution in [2.75, 3.05) is 50.7 Å². The Hall–Kier alpha value is -3.01. The molecule has 8 nitrogen and oxygen atoms in total. The van der Waals surface area contributed by atoms with Crippen molar-refractivity contribution in [3.63, 3.8) is 0 Å². The van der Waals surface area contributed by atoms with E-state index in [0.29, 0.717) is 43.0 Å². The van der Waals surface area contributed by atoms with Crippen LogP contribution in [0, 0.1) is 0 Å². The molecule has 1 aliphatic carbocycles. The van der Waals surface area contributed by atoms with Crippen LogP contribution in [0.3, 0.4) is 0 Å². The van der Waals surface area contributed by atoms with Gasteiger partial charge in [-0.2, -0.15) is 26.3 Å². The Bertz CT molecular complexity index is 1500. The molecule has 2 saturated heterocycles. The monoisotopic (exact) mass is 774 g/mol. The van der Waals surface area contributed by atoms with Crippen molar-refractivity contribution in [3.05, 3.63) is 83.4 Å². The molecule has 2 aromatic rings. The third kappa shape index (κ3) is 9.86. The van der Waals surface area contributed by atoms with Gasteiger partial charge in [-0.15, -0.1) is 37.2 Å². The third-order valence-electron chi connectivity index (χ3n) is 9.05. The van der Waals surface area contributed by atoms with Gasteiger partial charge in [0.25, 0.3) is 5.91 Å². The summed E-state index contributed by atoms with van der Waals surface area (Å²) in [4.78, 5) is 29.2. The topological polar surface area (TPSA) is 96.4 Å². The van der Waals surface area contributed by atoms with Gasteiger partial charge in [-0.1, -0.05) is 36.4 Å². The second kappa shape index (κ2) is 17.5. The lowest BCUT2D eigenvalue weighted by Gasteiger charge is -2.39. The highest BCUT2D eigenvalue weighted by Gasteiger charge is 2.56. The minimum Gasteiger partial charge on any atom is -0.479 e. The maximum Gasteiger partial charge on any atom is 0.415 e. The van der Waals surface area contributed by atoms with Crippen LogP contribution in [0.2, 0.25) is 0 Å². The first-order chi connectivity index (χ1) is 22.2. The number of hydrogen-bond donors (Lipinski definition) is 3. The number of nitrogens with zero attached hydrogens (tertiary/aromatic N) is 3. The van der Waals surface area contributed by atoms with Gasteiger partial charge >= 0.3 is 18.3 Å². The number of aliphatic hydroxyl groups excluding tert-OH is 1. The van der Waals surface area contributed by atoms with Crippen LogP contribution in [0.1, 0.15) is 35.2 Å². The summed E-state index contributed by atoms with van der Waals surface area (Å²) in [6, 6.07) is 12.8. The standard InChI is InChI=1S/C33H36F6N4O4.3ClH/c34-32(35,36)28-7-4-14-43(28)20-24-19-31(33(37,38)39,13-12-26(24)22-5-2-1-3-6-22)40-29(45)23-8-10-25(11-9-23)42-17-15-41(16-18-42)21-27(44)30(46)47;;;/h1-3,5-6,8-13,27-28,44H,4,7,14-21H2,(H,40,45)(H,46,47);3*1H/t27?,28-,31?;;;/m0.../s1. The van der Waals surface area contributed by atoms with E-state index in [4.69, 9.17) is 5.11 Å². The maximum absolute atomic E-state index is 14.9. The fourth-order valence-electron chi connectivity index (χ4n) is 6.49. The van der Waals surface area contributed by atoms with Crippen LogP contribution in [0.15, 0.2) is 72.3 Å². The normalized spacial score (nSPS) is 22.2. The molecule has 2 aromatic carbocycles. The van der Waals surface area contributed by atoms with Crippen molar-refractivity contribution < 1.29 is 46.1 Å². The molecule has 0 bridgehead atoms. The molecule has 3 aliphatic rings. The zero-order valence-electron chi connectivity index (χ0n) is 26.6. The summed E-state index contributed by atoms with van der Waals surface area (Å²) < 4.78 is 86.0. The number of benzene rings is 2. The molecular weight excluding hydrogens is 737 g/mol. The number of piperazine rings is 1. The van der Waals surface area contributed by atoms with Gasteiger partial charge in [0.05, 0.1) is 0 Å². The molecule has 2 heterocycles. The van der Waals surface area contributed by atoms with Crippen LogP contribution in [0.4, 0.5) is 32.0 Å². The van der Waals surface area contributed by atoms with Crippen molar-refractivity contribution in [1.29, 1.82) is 0 Å². The molecule has 2 aliphatic heterocycles. The number of carboxylic acids is 1. The largest absolute Gasteiger partial charge is 0.479 e. The Kier molecular flexibility index (Phi) is 15.1. The van der Waals surface area contributed by atoms with Gasteiger partial charge in [-0.25, -0.2) is 4.79 Å². The van der Waals surface area contributed by atoms with Gasteiger partial charge in [0.1, 0.15) is 6.04 Å². The van der Waals surface area contributed by atoms with E-state index in [1.807, 2.05) is 9.80 Å². The van der Waals surface area contributed by atoms with Gasteiger partial charge in [0.15, 0.2) is 11.6 Å². The zero-order valence-corrected chi connectivity index (χ0v) is 29.1. The molecule has 2 fully saturated rings. The lowest BCUT2D eigenvalue weighted by molar-refractivity contribution is -0.181. The number of carbonyl (C=O) groups excluding carboxylic acids is 1. The molecule has 2 unspecified atom stereocenters. The van der Waals surface area contributed by atoms with E-state index in [0.717, 1.165) is 6.08 Å². The second-order valence-corrected chi connectivity index (χ2v) is 12.2. The summed E-state index contributed by atoms with van der Waals surface area (Å²) in [5, 5.41) is 20.7. The highest BCUT2D eigenvalue weighted by molar-refractivity contribution is 5.95. The molecule has 0 aromatic heterocycles. The van der Waals surface area contributed by atoms with Gasteiger partial charge in [0, 0.05) is 56.9 Å². The van der Waals surface area contributed by atoms with E-state index in [2.05, 4.69) is 5.32 Å². The number of carbonyl (C=O) groups is 2. The third-order valence-corrected chi connectivity index (χ3v) is 9.05. The number of aliphatic carboxylic acids is 1. The number of nitrogens with one attached hydrogen (secondary N) is 1. The minimum absolute atomic E-state index is 0. The molecule has 1 amide bonds. The zero-order chi connectivity index (χ0) is 34.0. The average Bonchev–Trinajstić information content (AvgIpc) is 3.50. The number of alkyl halides is 6. The first-order valence-electron chi connectivity index (χ1n) is 15.3. The number of rotatable bonds is 9. The Morgan fingerprint density at radius 1 is 0.900 bits per heavy atom. The SMILES string of the molecule is Cl.Cl.Cl.O=C(NC1(C(F)(F)F)C=CC(c2ccccc2)=C(CN2CCC[C@H]2C(F)(F)F)C1)c1ccc(N2CCN(CC(O)C(=O)O)CC2)cc1. The van der Waals surface area contributed by atoms with Crippen LogP contribution in [0.5, 0.6) is 0 Å². The van der Waals surface area contributed by atoms with E-state index >= 15 is 0 Å². The molecule has 278 valence electrons. The Morgan fingerprint density at radius 3 is 2.08 bits per heavy atom. The molecule has 0 spiro atoms. The molecule has 3 N–H and O–H groups in total. The van der Waals surface area contributed by atoms with Crippen molar-refractivity contribution in [2.45, 2.75) is 49.3 Å². The number of hydrogen-bond acceptors (Lipinski definition) is 6. The van der Waals surface area contributed by atoms with Crippen molar-refractivity contribution >= 4 is 60.4 Å². The lowest BCUT2D eigenvalue weighted by Crippen LogP contribution is -2.59. The van der Waals surface area contributed by atoms with Gasteiger partial charge in [-0.05, 0) is 66.4 Å². The second-order valence-electron chi connectivity index (χ2n) is 12.2. The summed E-state index contributed by atoms with van der Waals surface area (Å²) in [6.45, 7) is 1.72. The van der Waals surface area contributed by atoms with E-state index in [1.165, 1.54) is 23.1 Å². The number of likely N-dealkylation sites (tertiary alicyclic amines) is 1. The van der Waals surface area contributed by atoms with Crippen LogP contribution in [0.25, 0.3) is 5.57 Å². The van der Waals surface area contributed by atoms with E-state index < -0.39 is 48.3 Å². The molecule has 50 heavy (non-hydrogen) atoms. The van der Waals surface area contributed by atoms with Crippen LogP contribution >= 0.6 is 37.2 Å². The molecule has 3 atom stereocenters. The highest BCUT2D eigenvalue weighted by Crippen LogP contribution is 2.44. The van der Waals surface area contributed by atoms with Crippen LogP contribution < -0.4 is 10.2 Å². The quantitative estimate of drug-likeness (QED) is 0.270. The summed E-state index contributed by atoms with van der Waals surface area (Å²) in [6.07, 6.45) is -9.45. The van der Waals surface area contributed by atoms with Gasteiger partial charge in [-0.3, -0.25) is 14.6 Å². The maximum atomic E-state index is 14.9. The molecule has 5 rings (SSSR count). The molecule has 0 radical (unpaired) electrons.